The van der Waals surface area contributed by atoms with Crippen molar-refractivity contribution in [3.05, 3.63) is 0 Å². The summed E-state index contributed by atoms with van der Waals surface area (Å²) in [6.07, 6.45) is 48.6. The molecule has 3 unspecified atom stereocenters. The lowest BCUT2D eigenvalue weighted by Gasteiger charge is -2.21. The largest absolute Gasteiger partial charge is 0.472 e. The fourth-order valence-corrected chi connectivity index (χ4v) is 12.0. The van der Waals surface area contributed by atoms with Gasteiger partial charge in [0.15, 0.2) is 12.2 Å². The smallest absolute Gasteiger partial charge is 0.462 e. The number of hydrogen-bond donors (Lipinski definition) is 3. The third kappa shape index (κ3) is 61.6. The maximum atomic E-state index is 13.0. The molecule has 3 N–H and O–H groups in total. The van der Waals surface area contributed by atoms with Crippen molar-refractivity contribution in [1.82, 2.24) is 0 Å². The van der Waals surface area contributed by atoms with E-state index < -0.39 is 97.5 Å². The van der Waals surface area contributed by atoms with E-state index in [0.29, 0.717) is 25.7 Å². The van der Waals surface area contributed by atoms with Crippen molar-refractivity contribution in [3.63, 3.8) is 0 Å². The number of aliphatic hydroxyl groups excluding tert-OH is 1. The van der Waals surface area contributed by atoms with Crippen molar-refractivity contribution in [3.8, 4) is 0 Å². The summed E-state index contributed by atoms with van der Waals surface area (Å²) in [6.45, 7) is 7.24. The lowest BCUT2D eigenvalue weighted by atomic mass is 9.99. The number of ether oxygens (including phenoxy) is 4. The van der Waals surface area contributed by atoms with Crippen molar-refractivity contribution >= 4 is 39.5 Å². The Labute approximate surface area is 537 Å². The third-order valence-electron chi connectivity index (χ3n) is 16.4. The molecule has 6 atom stereocenters. The summed E-state index contributed by atoms with van der Waals surface area (Å²) in [5.74, 6) is -1.28. The molecule has 0 aromatic carbocycles. The molecule has 19 heteroatoms. The molecular formula is C69H134O17P2. The molecule has 0 aromatic heterocycles. The average molecular weight is 1300 g/mol. The second-order valence-corrected chi connectivity index (χ2v) is 28.1. The Morgan fingerprint density at radius 2 is 0.545 bits per heavy atom. The predicted molar refractivity (Wildman–Crippen MR) is 354 cm³/mol. The molecule has 0 aliphatic heterocycles. The monoisotopic (exact) mass is 1300 g/mol. The molecule has 0 aliphatic carbocycles. The van der Waals surface area contributed by atoms with Crippen LogP contribution in [0, 0.1) is 5.92 Å². The van der Waals surface area contributed by atoms with Crippen molar-refractivity contribution in [2.75, 3.05) is 39.6 Å². The Hall–Kier alpha value is -1.94. The topological polar surface area (TPSA) is 237 Å². The molecule has 0 aliphatic rings. The molecule has 0 spiro atoms. The van der Waals surface area contributed by atoms with Gasteiger partial charge in [-0.3, -0.25) is 37.3 Å². The zero-order chi connectivity index (χ0) is 64.9. The van der Waals surface area contributed by atoms with Gasteiger partial charge < -0.3 is 33.8 Å². The van der Waals surface area contributed by atoms with Crippen molar-refractivity contribution in [1.29, 1.82) is 0 Å². The maximum Gasteiger partial charge on any atom is 0.472 e. The van der Waals surface area contributed by atoms with E-state index in [0.717, 1.165) is 109 Å². The standard InChI is InChI=1S/C69H134O17P2/c1-6-10-13-16-19-22-23-24-28-31-34-39-43-48-53-67(72)80-59-65(86-69(74)55-50-45-40-35-32-29-26-25-27-30-33-36-41-46-51-62(5)9-4)61-84-88(77,78)82-57-63(70)56-81-87(75,76)83-60-64(85-68(73)54-49-44-38-21-18-15-12-8-3)58-79-66(71)52-47-42-37-20-17-14-11-7-2/h62-65,70H,6-61H2,1-5H3,(H,75,76)(H,77,78)/t62?,63-,64+,65+/m0/s1. The molecule has 0 amide bonds. The summed E-state index contributed by atoms with van der Waals surface area (Å²) in [6, 6.07) is 0. The molecule has 0 radical (unpaired) electrons. The second kappa shape index (κ2) is 62.5. The van der Waals surface area contributed by atoms with Gasteiger partial charge in [0.25, 0.3) is 0 Å². The number of carbonyl (C=O) groups is 4. The van der Waals surface area contributed by atoms with Crippen LogP contribution in [-0.4, -0.2) is 96.7 Å². The number of esters is 4. The minimum atomic E-state index is -4.95. The number of aliphatic hydroxyl groups is 1. The Bertz CT molecular complexity index is 1710. The average Bonchev–Trinajstić information content (AvgIpc) is 3.61. The van der Waals surface area contributed by atoms with E-state index in [2.05, 4.69) is 34.6 Å². The van der Waals surface area contributed by atoms with Crippen LogP contribution >= 0.6 is 15.6 Å². The first kappa shape index (κ1) is 86.1. The number of rotatable bonds is 69. The fourth-order valence-electron chi connectivity index (χ4n) is 10.4. The highest BCUT2D eigenvalue weighted by Crippen LogP contribution is 2.45. The first-order chi connectivity index (χ1) is 42.6. The highest BCUT2D eigenvalue weighted by atomic mass is 31.2. The van der Waals surface area contributed by atoms with Crippen LogP contribution in [0.1, 0.15) is 356 Å². The Morgan fingerprint density at radius 1 is 0.318 bits per heavy atom. The number of carbonyl (C=O) groups excluding carboxylic acids is 4. The van der Waals surface area contributed by atoms with Crippen molar-refractivity contribution in [2.24, 2.45) is 5.92 Å². The Kier molecular flexibility index (Phi) is 61.1. The molecule has 0 heterocycles. The Morgan fingerprint density at radius 3 is 0.807 bits per heavy atom. The normalized spacial score (nSPS) is 14.4. The van der Waals surface area contributed by atoms with Crippen LogP contribution in [-0.2, 0) is 65.4 Å². The van der Waals surface area contributed by atoms with Gasteiger partial charge in [0.05, 0.1) is 26.4 Å². The van der Waals surface area contributed by atoms with Gasteiger partial charge in [-0.2, -0.15) is 0 Å². The van der Waals surface area contributed by atoms with E-state index in [1.807, 2.05) is 0 Å². The van der Waals surface area contributed by atoms with Gasteiger partial charge in [-0.1, -0.05) is 304 Å². The van der Waals surface area contributed by atoms with Crippen LogP contribution in [0.25, 0.3) is 0 Å². The summed E-state index contributed by atoms with van der Waals surface area (Å²) in [5.41, 5.74) is 0. The molecule has 0 saturated heterocycles. The van der Waals surface area contributed by atoms with Gasteiger partial charge in [-0.15, -0.1) is 0 Å². The number of hydrogen-bond acceptors (Lipinski definition) is 15. The van der Waals surface area contributed by atoms with Crippen LogP contribution in [0.4, 0.5) is 0 Å². The van der Waals surface area contributed by atoms with Crippen molar-refractivity contribution < 1.29 is 80.2 Å². The molecule has 0 bridgehead atoms. The van der Waals surface area contributed by atoms with Crippen LogP contribution in [0.15, 0.2) is 0 Å². The van der Waals surface area contributed by atoms with Crippen LogP contribution in [0.2, 0.25) is 0 Å². The molecule has 0 aromatic rings. The summed E-state index contributed by atoms with van der Waals surface area (Å²) in [7, 11) is -9.89. The number of unbranched alkanes of at least 4 members (excludes halogenated alkanes) is 40. The van der Waals surface area contributed by atoms with E-state index in [-0.39, 0.29) is 25.7 Å². The summed E-state index contributed by atoms with van der Waals surface area (Å²) in [4.78, 5) is 72.3. The fraction of sp³-hybridized carbons (Fsp3) is 0.942. The molecule has 0 rings (SSSR count). The van der Waals surface area contributed by atoms with Crippen LogP contribution in [0.3, 0.4) is 0 Å². The SMILES string of the molecule is CCCCCCCCCCCCCCCCC(=O)OC[C@H](COP(=O)(O)OC[C@@H](O)COP(=O)(O)OC[C@@H](COC(=O)CCCCCCCCCC)OC(=O)CCCCCCCCCC)OC(=O)CCCCCCCCCCCCCCCCC(C)CC. The van der Waals surface area contributed by atoms with Gasteiger partial charge >= 0.3 is 39.5 Å². The minimum absolute atomic E-state index is 0.105. The first-order valence-corrected chi connectivity index (χ1v) is 39.2. The summed E-state index contributed by atoms with van der Waals surface area (Å²) < 4.78 is 68.1. The summed E-state index contributed by atoms with van der Waals surface area (Å²) >= 11 is 0. The minimum Gasteiger partial charge on any atom is -0.462 e. The molecule has 88 heavy (non-hydrogen) atoms. The van der Waals surface area contributed by atoms with Gasteiger partial charge in [0.1, 0.15) is 19.3 Å². The zero-order valence-electron chi connectivity index (χ0n) is 56.9. The van der Waals surface area contributed by atoms with Crippen LogP contribution in [0.5, 0.6) is 0 Å². The Balaban J connectivity index is 5.18. The quantitative estimate of drug-likeness (QED) is 0.0222. The predicted octanol–water partition coefficient (Wildman–Crippen LogP) is 19.7. The van der Waals surface area contributed by atoms with E-state index in [9.17, 15) is 43.2 Å². The van der Waals surface area contributed by atoms with E-state index >= 15 is 0 Å². The lowest BCUT2D eigenvalue weighted by Crippen LogP contribution is -2.30. The van der Waals surface area contributed by atoms with Gasteiger partial charge in [-0.25, -0.2) is 9.13 Å². The molecule has 522 valence electrons. The molecular weight excluding hydrogens is 1160 g/mol. The van der Waals surface area contributed by atoms with Crippen LogP contribution < -0.4 is 0 Å². The van der Waals surface area contributed by atoms with Gasteiger partial charge in [-0.05, 0) is 31.6 Å². The van der Waals surface area contributed by atoms with Gasteiger partial charge in [0.2, 0.25) is 0 Å². The first-order valence-electron chi connectivity index (χ1n) is 36.2. The van der Waals surface area contributed by atoms with E-state index in [1.165, 1.54) is 167 Å². The maximum absolute atomic E-state index is 13.0. The molecule has 0 fully saturated rings. The second-order valence-electron chi connectivity index (χ2n) is 25.2. The van der Waals surface area contributed by atoms with Gasteiger partial charge in [0, 0.05) is 25.7 Å². The van der Waals surface area contributed by atoms with Crippen molar-refractivity contribution in [2.45, 2.75) is 374 Å². The highest BCUT2D eigenvalue weighted by Gasteiger charge is 2.30. The molecule has 17 nitrogen and oxygen atoms in total. The molecule has 0 saturated carbocycles. The highest BCUT2D eigenvalue weighted by molar-refractivity contribution is 7.47. The number of phosphoric ester groups is 2. The van der Waals surface area contributed by atoms with E-state index in [4.69, 9.17) is 37.0 Å². The number of phosphoric acid groups is 2. The third-order valence-corrected chi connectivity index (χ3v) is 18.3. The lowest BCUT2D eigenvalue weighted by molar-refractivity contribution is -0.161. The zero-order valence-corrected chi connectivity index (χ0v) is 58.6. The van der Waals surface area contributed by atoms with E-state index in [1.54, 1.807) is 0 Å². The summed E-state index contributed by atoms with van der Waals surface area (Å²) in [5, 5.41) is 10.6.